The van der Waals surface area contributed by atoms with E-state index in [1.165, 1.54) is 86.0 Å². The summed E-state index contributed by atoms with van der Waals surface area (Å²) >= 11 is 0. The fourth-order valence-corrected chi connectivity index (χ4v) is 11.7. The standard InChI is InChI=1S/C31H37NO2.C26H29NO.C19H33N.C15H24O/c1-5-7-9-30(33)25-13-19-28(20-14-25)32(27-17-11-24(12-18-27)23(3)4)29-21-15-26(16-22-29)31(34)10-8-6-2;1-4-5-11-26(28)22-14-18-25(19-15-22)27(23-9-7-6-8-10-23)24-16-12-21(13-17-24)20(2)3;1-5-7-9-15-20(16-10-8-6-2)19-13-11-18(12-14-19)17(3)4;1-5-7-14(6-2)16-15-10-8-13(9-11-15)12(3)4/h11-23H,5-10H2,1-4H3;6-10,12-20H,4-5,11H2,1-3H3;11-14,17H,5-10,15-16H2,1-4H3;8-12,14H,5-7H2,1-4H3. The van der Waals surface area contributed by atoms with Crippen LogP contribution in [0.2, 0.25) is 0 Å². The summed E-state index contributed by atoms with van der Waals surface area (Å²) in [6.45, 7) is 35.4. The molecule has 526 valence electrons. The number of Topliss-reactive ketones (excluding diaryl/α,β-unsaturated/α-hetero) is 3. The van der Waals surface area contributed by atoms with Gasteiger partial charge in [-0.2, -0.15) is 0 Å². The second-order valence-corrected chi connectivity index (χ2v) is 27.5. The molecule has 0 N–H and O–H groups in total. The maximum Gasteiger partial charge on any atom is 0.162 e. The van der Waals surface area contributed by atoms with Crippen LogP contribution in [0.4, 0.5) is 39.8 Å². The zero-order chi connectivity index (χ0) is 71.2. The molecule has 0 saturated heterocycles. The number of rotatable bonds is 36. The van der Waals surface area contributed by atoms with Gasteiger partial charge in [0.2, 0.25) is 0 Å². The molecule has 8 aromatic carbocycles. The Hall–Kier alpha value is -8.03. The van der Waals surface area contributed by atoms with Crippen LogP contribution < -0.4 is 19.4 Å². The number of hydrogen-bond donors (Lipinski definition) is 0. The van der Waals surface area contributed by atoms with E-state index in [1.54, 1.807) is 0 Å². The van der Waals surface area contributed by atoms with Crippen molar-refractivity contribution in [3.63, 3.8) is 0 Å². The lowest BCUT2D eigenvalue weighted by Gasteiger charge is -2.26. The molecule has 0 aliphatic heterocycles. The summed E-state index contributed by atoms with van der Waals surface area (Å²) in [6.07, 6.45) is 19.3. The minimum atomic E-state index is 0.191. The van der Waals surface area contributed by atoms with Crippen LogP contribution in [-0.2, 0) is 0 Å². The number of unbranched alkanes of at least 4 members (excludes halogenated alkanes) is 7. The van der Waals surface area contributed by atoms with Crippen LogP contribution in [0.15, 0.2) is 200 Å². The molecule has 0 aliphatic rings. The molecule has 7 heteroatoms. The molecule has 0 spiro atoms. The third-order valence-electron chi connectivity index (χ3n) is 18.2. The Balaban J connectivity index is 0.000000245. The SMILES string of the molecule is CCCC(CC)Oc1ccc(C(C)C)cc1.CCCCC(=O)c1ccc(N(c2ccc(C(=O)CCCC)cc2)c2ccc(C(C)C)cc2)cc1.CCCCC(=O)c1ccc(N(c2ccccc2)c2ccc(C(C)C)cc2)cc1.CCCCCN(CCCCC)c1ccc(C(C)C)cc1. The highest BCUT2D eigenvalue weighted by atomic mass is 16.5. The van der Waals surface area contributed by atoms with Gasteiger partial charge in [0.05, 0.1) is 6.10 Å². The molecule has 8 rings (SSSR count). The average Bonchev–Trinajstić information content (AvgIpc) is 0.818. The summed E-state index contributed by atoms with van der Waals surface area (Å²) in [5.74, 6) is 3.79. The molecule has 0 aliphatic carbocycles. The lowest BCUT2D eigenvalue weighted by molar-refractivity contribution is 0.0972. The fourth-order valence-electron chi connectivity index (χ4n) is 11.7. The van der Waals surface area contributed by atoms with Gasteiger partial charge >= 0.3 is 0 Å². The van der Waals surface area contributed by atoms with E-state index < -0.39 is 0 Å². The van der Waals surface area contributed by atoms with Crippen LogP contribution >= 0.6 is 0 Å². The summed E-state index contributed by atoms with van der Waals surface area (Å²) in [4.78, 5) is 44.2. The van der Waals surface area contributed by atoms with Crippen molar-refractivity contribution in [2.45, 2.75) is 249 Å². The molecule has 0 radical (unpaired) electrons. The van der Waals surface area contributed by atoms with E-state index in [9.17, 15) is 14.4 Å². The number of carbonyl (C=O) groups excluding carboxylic acids is 3. The summed E-state index contributed by atoms with van der Waals surface area (Å²) in [5, 5.41) is 0. The predicted octanol–water partition coefficient (Wildman–Crippen LogP) is 27.4. The maximum absolute atomic E-state index is 12.5. The van der Waals surface area contributed by atoms with Crippen molar-refractivity contribution in [1.82, 2.24) is 0 Å². The summed E-state index contributed by atoms with van der Waals surface area (Å²) in [6, 6.07) is 69.1. The minimum absolute atomic E-state index is 0.191. The van der Waals surface area contributed by atoms with Gasteiger partial charge in [-0.15, -0.1) is 0 Å². The topological polar surface area (TPSA) is 70.2 Å². The number of ketones is 3. The lowest BCUT2D eigenvalue weighted by atomic mass is 10.0. The van der Waals surface area contributed by atoms with Crippen molar-refractivity contribution in [1.29, 1.82) is 0 Å². The zero-order valence-corrected chi connectivity index (χ0v) is 63.1. The van der Waals surface area contributed by atoms with Gasteiger partial charge in [-0.1, -0.05) is 222 Å². The lowest BCUT2D eigenvalue weighted by Crippen LogP contribution is -2.25. The van der Waals surface area contributed by atoms with E-state index in [0.717, 1.165) is 108 Å². The highest BCUT2D eigenvalue weighted by molar-refractivity contribution is 5.98. The van der Waals surface area contributed by atoms with Gasteiger partial charge in [0.1, 0.15) is 5.75 Å². The molecule has 0 aromatic heterocycles. The van der Waals surface area contributed by atoms with Crippen LogP contribution in [0, 0.1) is 0 Å². The van der Waals surface area contributed by atoms with Crippen LogP contribution in [0.25, 0.3) is 0 Å². The molecule has 7 nitrogen and oxygen atoms in total. The maximum atomic E-state index is 12.5. The van der Waals surface area contributed by atoms with E-state index in [0.29, 0.717) is 49.0 Å². The first-order chi connectivity index (χ1) is 47.4. The van der Waals surface area contributed by atoms with Crippen molar-refractivity contribution >= 4 is 57.2 Å². The van der Waals surface area contributed by atoms with Gasteiger partial charge in [0, 0.05) is 88.9 Å². The Bertz CT molecular complexity index is 3370. The summed E-state index contributed by atoms with van der Waals surface area (Å²) < 4.78 is 5.94. The number of anilines is 7. The quantitative estimate of drug-likeness (QED) is 0.0286. The normalized spacial score (nSPS) is 11.3. The Morgan fingerprint density at radius 2 is 0.582 bits per heavy atom. The number of hydrogen-bond acceptors (Lipinski definition) is 7. The Morgan fingerprint density at radius 3 is 0.857 bits per heavy atom. The number of para-hydroxylation sites is 1. The van der Waals surface area contributed by atoms with Crippen LogP contribution in [0.5, 0.6) is 5.75 Å². The molecule has 8 aromatic rings. The van der Waals surface area contributed by atoms with E-state index >= 15 is 0 Å². The predicted molar refractivity (Wildman–Crippen MR) is 424 cm³/mol. The smallest absolute Gasteiger partial charge is 0.162 e. The summed E-state index contributed by atoms with van der Waals surface area (Å²) in [5.41, 5.74) is 15.4. The van der Waals surface area contributed by atoms with Crippen LogP contribution in [-0.4, -0.2) is 36.5 Å². The van der Waals surface area contributed by atoms with Gasteiger partial charge in [-0.05, 0) is 224 Å². The average molecular weight is 1320 g/mol. The van der Waals surface area contributed by atoms with E-state index in [1.807, 2.05) is 91.0 Å². The molecule has 0 heterocycles. The van der Waals surface area contributed by atoms with Crippen molar-refractivity contribution in [2.75, 3.05) is 27.8 Å². The number of ether oxygens (including phenoxy) is 1. The van der Waals surface area contributed by atoms with Crippen molar-refractivity contribution in [2.24, 2.45) is 0 Å². The van der Waals surface area contributed by atoms with E-state index in [4.69, 9.17) is 4.74 Å². The minimum Gasteiger partial charge on any atom is -0.490 e. The molecule has 0 bridgehead atoms. The van der Waals surface area contributed by atoms with Crippen molar-refractivity contribution in [3.8, 4) is 5.75 Å². The Morgan fingerprint density at radius 1 is 0.306 bits per heavy atom. The largest absolute Gasteiger partial charge is 0.490 e. The molecule has 1 atom stereocenters. The van der Waals surface area contributed by atoms with Gasteiger partial charge < -0.3 is 19.4 Å². The molecular formula is C91H123N3O4. The first-order valence-corrected chi connectivity index (χ1v) is 37.8. The molecule has 98 heavy (non-hydrogen) atoms. The third kappa shape index (κ3) is 27.0. The highest BCUT2D eigenvalue weighted by Crippen LogP contribution is 2.38. The van der Waals surface area contributed by atoms with Crippen LogP contribution in [0.1, 0.15) is 296 Å². The van der Waals surface area contributed by atoms with Crippen molar-refractivity contribution < 1.29 is 19.1 Å². The van der Waals surface area contributed by atoms with Crippen LogP contribution in [0.3, 0.4) is 0 Å². The van der Waals surface area contributed by atoms with Gasteiger partial charge in [-0.3, -0.25) is 14.4 Å². The fraction of sp³-hybridized carbons (Fsp3) is 0.440. The molecule has 0 fully saturated rings. The molecule has 1 unspecified atom stereocenters. The Labute approximate surface area is 594 Å². The van der Waals surface area contributed by atoms with Gasteiger partial charge in [0.15, 0.2) is 17.3 Å². The van der Waals surface area contributed by atoms with Gasteiger partial charge in [0.25, 0.3) is 0 Å². The summed E-state index contributed by atoms with van der Waals surface area (Å²) in [7, 11) is 0. The number of nitrogens with zero attached hydrogens (tertiary/aromatic N) is 3. The first-order valence-electron chi connectivity index (χ1n) is 37.8. The number of carbonyl (C=O) groups is 3. The molecular weight excluding hydrogens is 1200 g/mol. The zero-order valence-electron chi connectivity index (χ0n) is 63.1. The van der Waals surface area contributed by atoms with Crippen molar-refractivity contribution in [3.05, 3.63) is 239 Å². The van der Waals surface area contributed by atoms with Gasteiger partial charge in [-0.25, -0.2) is 0 Å². The second kappa shape index (κ2) is 44.8. The number of benzene rings is 8. The Kier molecular flexibility index (Phi) is 36.9. The molecule has 0 saturated carbocycles. The van der Waals surface area contributed by atoms with E-state index in [-0.39, 0.29) is 17.3 Å². The monoisotopic (exact) mass is 1320 g/mol. The third-order valence-corrected chi connectivity index (χ3v) is 18.2. The second-order valence-electron chi connectivity index (χ2n) is 27.5. The highest BCUT2D eigenvalue weighted by Gasteiger charge is 2.18. The van der Waals surface area contributed by atoms with E-state index in [2.05, 4.69) is 228 Å². The first kappa shape index (κ1) is 80.7. The molecule has 0 amide bonds.